The standard InChI is InChI=1S/C28H30N8O3/c1-28(2,3)39-27(37)35-10-9-17-12-16(4-5-19(17)14-35)8-11-36-25-22(24(29)31-15-32-25)23(34-36)18-6-7-21-20(13-18)33-26(30)38-21/h4-7,12-13,15H,8-11,14H2,1-3H3,(H2,30,33)(H2,29,31,32). The molecular weight excluding hydrogens is 496 g/mol. The van der Waals surface area contributed by atoms with Crippen molar-refractivity contribution < 1.29 is 13.9 Å². The molecule has 0 atom stereocenters. The first-order valence-electron chi connectivity index (χ1n) is 12.9. The molecule has 6 rings (SSSR count). The van der Waals surface area contributed by atoms with Crippen molar-refractivity contribution in [1.82, 2.24) is 29.6 Å². The van der Waals surface area contributed by atoms with E-state index >= 15 is 0 Å². The quantitative estimate of drug-likeness (QED) is 0.348. The summed E-state index contributed by atoms with van der Waals surface area (Å²) in [6.45, 7) is 7.44. The number of anilines is 2. The van der Waals surface area contributed by atoms with E-state index in [1.54, 1.807) is 4.90 Å². The molecule has 1 aliphatic heterocycles. The number of oxazole rings is 1. The summed E-state index contributed by atoms with van der Waals surface area (Å²) in [7, 11) is 0. The lowest BCUT2D eigenvalue weighted by molar-refractivity contribution is 0.0224. The van der Waals surface area contributed by atoms with E-state index in [0.717, 1.165) is 24.0 Å². The third kappa shape index (κ3) is 4.83. The topological polar surface area (TPSA) is 151 Å². The van der Waals surface area contributed by atoms with Crippen molar-refractivity contribution >= 4 is 40.1 Å². The number of hydrogen-bond acceptors (Lipinski definition) is 9. The van der Waals surface area contributed by atoms with E-state index in [1.165, 1.54) is 17.5 Å². The van der Waals surface area contributed by atoms with E-state index in [9.17, 15) is 4.79 Å². The largest absolute Gasteiger partial charge is 0.444 e. The number of aryl methyl sites for hydroxylation is 2. The van der Waals surface area contributed by atoms with Crippen LogP contribution in [0.5, 0.6) is 0 Å². The summed E-state index contributed by atoms with van der Waals surface area (Å²) in [6.07, 6.45) is 2.72. The average molecular weight is 527 g/mol. The summed E-state index contributed by atoms with van der Waals surface area (Å²) in [5.41, 5.74) is 18.5. The Bertz CT molecular complexity index is 1720. The molecule has 0 saturated heterocycles. The monoisotopic (exact) mass is 526 g/mol. The van der Waals surface area contributed by atoms with Crippen LogP contribution < -0.4 is 11.5 Å². The second-order valence-corrected chi connectivity index (χ2v) is 10.8. The van der Waals surface area contributed by atoms with Gasteiger partial charge >= 0.3 is 6.09 Å². The van der Waals surface area contributed by atoms with Crippen molar-refractivity contribution in [2.45, 2.75) is 52.3 Å². The number of nitrogen functional groups attached to an aromatic ring is 2. The zero-order valence-corrected chi connectivity index (χ0v) is 22.1. The molecule has 0 aliphatic carbocycles. The predicted molar refractivity (Wildman–Crippen MR) is 148 cm³/mol. The van der Waals surface area contributed by atoms with Gasteiger partial charge in [0.25, 0.3) is 6.01 Å². The van der Waals surface area contributed by atoms with Gasteiger partial charge in [0.15, 0.2) is 11.2 Å². The molecule has 2 aromatic carbocycles. The molecule has 1 aliphatic rings. The Kier molecular flexibility index (Phi) is 5.86. The van der Waals surface area contributed by atoms with Crippen molar-refractivity contribution in [3.63, 3.8) is 0 Å². The molecule has 3 aromatic heterocycles. The molecule has 4 N–H and O–H groups in total. The Morgan fingerprint density at radius 2 is 1.95 bits per heavy atom. The molecule has 0 spiro atoms. The second kappa shape index (κ2) is 9.26. The number of nitrogens with zero attached hydrogens (tertiary/aromatic N) is 6. The molecule has 39 heavy (non-hydrogen) atoms. The number of carbonyl (C=O) groups excluding carboxylic acids is 1. The van der Waals surface area contributed by atoms with Gasteiger partial charge in [0.1, 0.15) is 29.0 Å². The zero-order chi connectivity index (χ0) is 27.3. The number of nitrogens with two attached hydrogens (primary N) is 2. The predicted octanol–water partition coefficient (Wildman–Crippen LogP) is 4.33. The zero-order valence-electron chi connectivity index (χ0n) is 22.1. The van der Waals surface area contributed by atoms with Crippen LogP contribution in [0, 0.1) is 0 Å². The van der Waals surface area contributed by atoms with Gasteiger partial charge in [0.05, 0.1) is 5.39 Å². The highest BCUT2D eigenvalue weighted by Crippen LogP contribution is 2.32. The fourth-order valence-corrected chi connectivity index (χ4v) is 4.96. The van der Waals surface area contributed by atoms with Crippen LogP contribution in [-0.4, -0.2) is 47.9 Å². The molecule has 0 fully saturated rings. The molecule has 0 saturated carbocycles. The van der Waals surface area contributed by atoms with Crippen LogP contribution in [0.4, 0.5) is 16.6 Å². The molecule has 0 bridgehead atoms. The minimum Gasteiger partial charge on any atom is -0.444 e. The van der Waals surface area contributed by atoms with Crippen LogP contribution in [0.3, 0.4) is 0 Å². The molecule has 1 amide bonds. The van der Waals surface area contributed by atoms with Crippen molar-refractivity contribution in [3.8, 4) is 11.3 Å². The molecule has 200 valence electrons. The van der Waals surface area contributed by atoms with Gasteiger partial charge in [-0.2, -0.15) is 10.1 Å². The fourth-order valence-electron chi connectivity index (χ4n) is 4.96. The highest BCUT2D eigenvalue weighted by atomic mass is 16.6. The van der Waals surface area contributed by atoms with Crippen molar-refractivity contribution in [2.75, 3.05) is 18.0 Å². The minimum absolute atomic E-state index is 0.114. The molecule has 0 radical (unpaired) electrons. The van der Waals surface area contributed by atoms with Crippen molar-refractivity contribution in [2.24, 2.45) is 0 Å². The summed E-state index contributed by atoms with van der Waals surface area (Å²) in [5, 5.41) is 5.58. The highest BCUT2D eigenvalue weighted by molar-refractivity contribution is 5.99. The Morgan fingerprint density at radius 1 is 1.10 bits per heavy atom. The number of ether oxygens (including phenoxy) is 1. The van der Waals surface area contributed by atoms with Gasteiger partial charge in [-0.15, -0.1) is 0 Å². The van der Waals surface area contributed by atoms with Gasteiger partial charge in [-0.05, 0) is 68.5 Å². The summed E-state index contributed by atoms with van der Waals surface area (Å²) in [6, 6.07) is 12.1. The maximum Gasteiger partial charge on any atom is 0.410 e. The number of rotatable bonds is 4. The van der Waals surface area contributed by atoms with Gasteiger partial charge in [-0.1, -0.05) is 18.2 Å². The number of aromatic nitrogens is 5. The molecule has 5 aromatic rings. The Morgan fingerprint density at radius 3 is 2.77 bits per heavy atom. The summed E-state index contributed by atoms with van der Waals surface area (Å²) >= 11 is 0. The fraction of sp³-hybridized carbons (Fsp3) is 0.321. The van der Waals surface area contributed by atoms with Crippen molar-refractivity contribution in [1.29, 1.82) is 0 Å². The average Bonchev–Trinajstić information content (AvgIpc) is 3.45. The lowest BCUT2D eigenvalue weighted by Crippen LogP contribution is -2.39. The number of carbonyl (C=O) groups is 1. The van der Waals surface area contributed by atoms with E-state index < -0.39 is 5.60 Å². The van der Waals surface area contributed by atoms with Crippen LogP contribution in [0.2, 0.25) is 0 Å². The molecule has 0 unspecified atom stereocenters. The van der Waals surface area contributed by atoms with Gasteiger partial charge in [-0.25, -0.2) is 19.4 Å². The second-order valence-electron chi connectivity index (χ2n) is 10.8. The number of benzene rings is 2. The van der Waals surface area contributed by atoms with Gasteiger partial charge < -0.3 is 25.5 Å². The first-order valence-corrected chi connectivity index (χ1v) is 12.9. The SMILES string of the molecule is CC(C)(C)OC(=O)N1CCc2cc(CCn3nc(-c4ccc5oc(N)nc5c4)c4c(N)ncnc43)ccc2C1. The first kappa shape index (κ1) is 24.7. The summed E-state index contributed by atoms with van der Waals surface area (Å²) in [5.74, 6) is 0.365. The number of fused-ring (bicyclic) bond motifs is 3. The Balaban J connectivity index is 1.23. The highest BCUT2D eigenvalue weighted by Gasteiger charge is 2.26. The van der Waals surface area contributed by atoms with Gasteiger partial charge in [0.2, 0.25) is 0 Å². The maximum absolute atomic E-state index is 12.5. The van der Waals surface area contributed by atoms with Gasteiger partial charge in [0, 0.05) is 25.2 Å². The lowest BCUT2D eigenvalue weighted by atomic mass is 9.96. The van der Waals surface area contributed by atoms with Crippen LogP contribution >= 0.6 is 0 Å². The van der Waals surface area contributed by atoms with E-state index in [1.807, 2.05) is 43.7 Å². The van der Waals surface area contributed by atoms with Crippen molar-refractivity contribution in [3.05, 3.63) is 59.4 Å². The van der Waals surface area contributed by atoms with E-state index in [2.05, 4.69) is 33.2 Å². The minimum atomic E-state index is -0.510. The number of hydrogen-bond donors (Lipinski definition) is 2. The maximum atomic E-state index is 12.5. The van der Waals surface area contributed by atoms with Crippen LogP contribution in [0.25, 0.3) is 33.4 Å². The molecule has 11 heteroatoms. The van der Waals surface area contributed by atoms with Crippen LogP contribution in [-0.2, 0) is 30.7 Å². The van der Waals surface area contributed by atoms with Crippen LogP contribution in [0.15, 0.2) is 47.1 Å². The normalized spacial score (nSPS) is 13.7. The number of amides is 1. The van der Waals surface area contributed by atoms with E-state index in [4.69, 9.17) is 25.7 Å². The third-order valence-corrected chi connectivity index (χ3v) is 6.78. The third-order valence-electron chi connectivity index (χ3n) is 6.78. The summed E-state index contributed by atoms with van der Waals surface area (Å²) in [4.78, 5) is 27.2. The Labute approximate surface area is 224 Å². The molecular formula is C28H30N8O3. The first-order chi connectivity index (χ1) is 18.6. The molecule has 4 heterocycles. The van der Waals surface area contributed by atoms with Crippen LogP contribution in [0.1, 0.15) is 37.5 Å². The smallest absolute Gasteiger partial charge is 0.410 e. The van der Waals surface area contributed by atoms with E-state index in [-0.39, 0.29) is 12.1 Å². The lowest BCUT2D eigenvalue weighted by Gasteiger charge is -2.31. The van der Waals surface area contributed by atoms with Gasteiger partial charge in [-0.3, -0.25) is 0 Å². The molecule has 11 nitrogen and oxygen atoms in total. The summed E-state index contributed by atoms with van der Waals surface area (Å²) < 4.78 is 12.8. The Hall–Kier alpha value is -4.67. The van der Waals surface area contributed by atoms with E-state index in [0.29, 0.717) is 53.3 Å².